The Kier molecular flexibility index (Phi) is 8.51. The summed E-state index contributed by atoms with van der Waals surface area (Å²) in [4.78, 5) is 23.6. The molecule has 1 saturated heterocycles. The number of halogens is 3. The molecule has 2 N–H and O–H groups in total. The van der Waals surface area contributed by atoms with Crippen LogP contribution in [0.15, 0.2) is 59.7 Å². The summed E-state index contributed by atoms with van der Waals surface area (Å²) in [7, 11) is 0. The first-order valence-electron chi connectivity index (χ1n) is 12.5. The molecule has 38 heavy (non-hydrogen) atoms. The summed E-state index contributed by atoms with van der Waals surface area (Å²) in [5.74, 6) is 0.822. The Morgan fingerprint density at radius 2 is 1.97 bits per heavy atom. The van der Waals surface area contributed by atoms with Gasteiger partial charge in [0, 0.05) is 54.9 Å². The zero-order valence-electron chi connectivity index (χ0n) is 21.4. The summed E-state index contributed by atoms with van der Waals surface area (Å²) in [6.45, 7) is 10.1. The number of nitrogens with one attached hydrogen (secondary N) is 2. The highest BCUT2D eigenvalue weighted by Crippen LogP contribution is 2.37. The number of aromatic amines is 1. The van der Waals surface area contributed by atoms with Crippen LogP contribution in [-0.2, 0) is 17.5 Å². The van der Waals surface area contributed by atoms with Crippen molar-refractivity contribution >= 4 is 0 Å². The van der Waals surface area contributed by atoms with Gasteiger partial charge in [-0.25, -0.2) is 9.97 Å². The third-order valence-electron chi connectivity index (χ3n) is 6.44. The number of hydrogen-bond acceptors (Lipinski definition) is 6. The molecule has 0 atom stereocenters. The van der Waals surface area contributed by atoms with Crippen LogP contribution in [0.25, 0.3) is 22.6 Å². The lowest BCUT2D eigenvalue weighted by Gasteiger charge is -2.21. The maximum absolute atomic E-state index is 13.9. The summed E-state index contributed by atoms with van der Waals surface area (Å²) in [6, 6.07) is 8.36. The Labute approximate surface area is 219 Å². The molecule has 2 aromatic heterocycles. The highest BCUT2D eigenvalue weighted by atomic mass is 19.4. The quantitative estimate of drug-likeness (QED) is 0.377. The number of H-pyrrole nitrogens is 1. The smallest absolute Gasteiger partial charge is 0.417 e. The highest BCUT2D eigenvalue weighted by Gasteiger charge is 2.34. The van der Waals surface area contributed by atoms with Crippen LogP contribution in [0.3, 0.4) is 0 Å². The first-order valence-corrected chi connectivity index (χ1v) is 12.5. The van der Waals surface area contributed by atoms with E-state index in [2.05, 4.69) is 26.8 Å². The van der Waals surface area contributed by atoms with E-state index in [1.165, 1.54) is 24.4 Å². The van der Waals surface area contributed by atoms with Crippen molar-refractivity contribution in [3.8, 4) is 28.5 Å². The van der Waals surface area contributed by atoms with E-state index in [1.54, 1.807) is 12.1 Å². The van der Waals surface area contributed by atoms with Crippen molar-refractivity contribution in [1.29, 1.82) is 0 Å². The summed E-state index contributed by atoms with van der Waals surface area (Å²) in [5, 5.41) is 3.13. The zero-order valence-corrected chi connectivity index (χ0v) is 21.4. The third kappa shape index (κ3) is 7.00. The number of ether oxygens (including phenoxy) is 2. The molecule has 4 rings (SSSR count). The fourth-order valence-corrected chi connectivity index (χ4v) is 4.03. The molecule has 7 nitrogen and oxygen atoms in total. The minimum Gasteiger partial charge on any atom is -0.477 e. The fourth-order valence-electron chi connectivity index (χ4n) is 4.03. The zero-order chi connectivity index (χ0) is 27.3. The van der Waals surface area contributed by atoms with Gasteiger partial charge >= 0.3 is 6.18 Å². The third-order valence-corrected chi connectivity index (χ3v) is 6.44. The minimum absolute atomic E-state index is 0.172. The second-order valence-electron chi connectivity index (χ2n) is 9.64. The number of alkyl halides is 3. The number of rotatable bonds is 9. The first-order chi connectivity index (χ1) is 18.1. The molecule has 0 spiro atoms. The normalized spacial score (nSPS) is 14.5. The molecule has 0 amide bonds. The molecule has 0 unspecified atom stereocenters. The van der Waals surface area contributed by atoms with Crippen LogP contribution < -0.4 is 15.6 Å². The topological polar surface area (TPSA) is 89.1 Å². The van der Waals surface area contributed by atoms with Gasteiger partial charge in [-0.3, -0.25) is 4.79 Å². The molecule has 0 aliphatic carbocycles. The highest BCUT2D eigenvalue weighted by molar-refractivity contribution is 5.66. The molecule has 3 aromatic rings. The number of nitrogens with zero attached hydrogens (tertiary/aromatic N) is 2. The van der Waals surface area contributed by atoms with E-state index in [0.29, 0.717) is 29.5 Å². The lowest BCUT2D eigenvalue weighted by Crippen LogP contribution is -2.21. The van der Waals surface area contributed by atoms with Gasteiger partial charge in [-0.2, -0.15) is 13.2 Å². The molecule has 1 aliphatic rings. The SMILES string of the molecule is C=C(NCc1ccc(C(F)(F)F)c(-c2nc(-c3ccc(OCC4CCOCC4)nc3)cc(=O)[nH]2)c1)C(C)C. The molecular weight excluding hydrogens is 497 g/mol. The summed E-state index contributed by atoms with van der Waals surface area (Å²) < 4.78 is 52.8. The van der Waals surface area contributed by atoms with Crippen molar-refractivity contribution in [3.05, 3.63) is 76.4 Å². The van der Waals surface area contributed by atoms with Gasteiger partial charge in [0.05, 0.1) is 17.9 Å². The van der Waals surface area contributed by atoms with Crippen molar-refractivity contribution in [3.63, 3.8) is 0 Å². The Morgan fingerprint density at radius 3 is 2.63 bits per heavy atom. The predicted molar refractivity (Wildman–Crippen MR) is 138 cm³/mol. The van der Waals surface area contributed by atoms with Crippen LogP contribution in [0, 0.1) is 11.8 Å². The van der Waals surface area contributed by atoms with Gasteiger partial charge in [0.25, 0.3) is 5.56 Å². The second kappa shape index (κ2) is 11.8. The van der Waals surface area contributed by atoms with Crippen LogP contribution in [0.4, 0.5) is 13.2 Å². The van der Waals surface area contributed by atoms with Crippen LogP contribution >= 0.6 is 0 Å². The minimum atomic E-state index is -4.64. The first kappa shape index (κ1) is 27.4. The van der Waals surface area contributed by atoms with Gasteiger partial charge < -0.3 is 19.8 Å². The Morgan fingerprint density at radius 1 is 1.21 bits per heavy atom. The largest absolute Gasteiger partial charge is 0.477 e. The Bertz CT molecular complexity index is 1310. The van der Waals surface area contributed by atoms with E-state index in [4.69, 9.17) is 9.47 Å². The second-order valence-corrected chi connectivity index (χ2v) is 9.64. The van der Waals surface area contributed by atoms with E-state index in [-0.39, 0.29) is 29.5 Å². The number of benzene rings is 1. The number of pyridine rings is 1. The monoisotopic (exact) mass is 528 g/mol. The van der Waals surface area contributed by atoms with Crippen molar-refractivity contribution in [2.75, 3.05) is 19.8 Å². The molecule has 0 saturated carbocycles. The molecule has 10 heteroatoms. The van der Waals surface area contributed by atoms with Crippen molar-refractivity contribution in [2.45, 2.75) is 39.4 Å². The lowest BCUT2D eigenvalue weighted by atomic mass is 10.0. The fraction of sp³-hybridized carbons (Fsp3) is 0.393. The van der Waals surface area contributed by atoms with Crippen LogP contribution in [-0.4, -0.2) is 34.8 Å². The molecule has 0 bridgehead atoms. The van der Waals surface area contributed by atoms with Gasteiger partial charge in [-0.05, 0) is 48.4 Å². The van der Waals surface area contributed by atoms with E-state index in [9.17, 15) is 18.0 Å². The maximum atomic E-state index is 13.9. The van der Waals surface area contributed by atoms with E-state index >= 15 is 0 Å². The molecular formula is C28H31F3N4O3. The van der Waals surface area contributed by atoms with Crippen LogP contribution in [0.1, 0.15) is 37.8 Å². The Balaban J connectivity index is 1.60. The van der Waals surface area contributed by atoms with Crippen molar-refractivity contribution in [1.82, 2.24) is 20.3 Å². The van der Waals surface area contributed by atoms with E-state index in [1.807, 2.05) is 13.8 Å². The number of allylic oxidation sites excluding steroid dienone is 1. The van der Waals surface area contributed by atoms with Crippen molar-refractivity contribution in [2.24, 2.45) is 11.8 Å². The van der Waals surface area contributed by atoms with E-state index < -0.39 is 17.3 Å². The van der Waals surface area contributed by atoms with Gasteiger partial charge in [-0.1, -0.05) is 26.5 Å². The Hall–Kier alpha value is -3.66. The van der Waals surface area contributed by atoms with Gasteiger partial charge in [-0.15, -0.1) is 0 Å². The van der Waals surface area contributed by atoms with Crippen LogP contribution in [0.5, 0.6) is 5.88 Å². The average molecular weight is 529 g/mol. The standard InChI is InChI=1S/C28H31F3N4O3/c1-17(2)18(3)32-14-20-4-6-23(28(29,30)31)22(12-20)27-34-24(13-25(36)35-27)21-5-7-26(33-15-21)38-16-19-8-10-37-11-9-19/h4-7,12-13,15,17,19,32H,3,8-11,14,16H2,1-2H3,(H,34,35,36). The molecule has 0 radical (unpaired) electrons. The molecule has 3 heterocycles. The van der Waals surface area contributed by atoms with Crippen LogP contribution in [0.2, 0.25) is 0 Å². The van der Waals surface area contributed by atoms with Crippen molar-refractivity contribution < 1.29 is 22.6 Å². The summed E-state index contributed by atoms with van der Waals surface area (Å²) >= 11 is 0. The number of hydrogen-bond donors (Lipinski definition) is 2. The molecule has 1 aliphatic heterocycles. The number of aromatic nitrogens is 3. The summed E-state index contributed by atoms with van der Waals surface area (Å²) in [6.07, 6.45) is -1.28. The van der Waals surface area contributed by atoms with Gasteiger partial charge in [0.1, 0.15) is 5.82 Å². The van der Waals surface area contributed by atoms with Gasteiger partial charge in [0.2, 0.25) is 5.88 Å². The maximum Gasteiger partial charge on any atom is 0.417 e. The van der Waals surface area contributed by atoms with E-state index in [0.717, 1.165) is 37.8 Å². The summed E-state index contributed by atoms with van der Waals surface area (Å²) in [5.41, 5.74) is 0.375. The molecule has 1 fully saturated rings. The average Bonchev–Trinajstić information content (AvgIpc) is 2.90. The molecule has 202 valence electrons. The predicted octanol–water partition coefficient (Wildman–Crippen LogP) is 5.58. The molecule has 1 aromatic carbocycles. The lowest BCUT2D eigenvalue weighted by molar-refractivity contribution is -0.137. The van der Waals surface area contributed by atoms with Gasteiger partial charge in [0.15, 0.2) is 0 Å².